The summed E-state index contributed by atoms with van der Waals surface area (Å²) in [7, 11) is 1.62. The first-order valence-corrected chi connectivity index (χ1v) is 5.85. The minimum atomic E-state index is -0.889. The van der Waals surface area contributed by atoms with Gasteiger partial charge >= 0.3 is 0 Å². The molecule has 1 rings (SSSR count). The van der Waals surface area contributed by atoms with Crippen LogP contribution in [0, 0.1) is 5.92 Å². The summed E-state index contributed by atoms with van der Waals surface area (Å²) in [6.07, 6.45) is 0.981. The fourth-order valence-corrected chi connectivity index (χ4v) is 1.86. The molecule has 0 radical (unpaired) electrons. The number of benzene rings is 1. The largest absolute Gasteiger partial charge is 0.382 e. The van der Waals surface area contributed by atoms with Crippen molar-refractivity contribution in [2.75, 3.05) is 13.7 Å². The van der Waals surface area contributed by atoms with Gasteiger partial charge in [-0.25, -0.2) is 0 Å². The molecule has 0 bridgehead atoms. The van der Waals surface area contributed by atoms with Crippen LogP contribution in [0.1, 0.15) is 31.9 Å². The van der Waals surface area contributed by atoms with Crippen molar-refractivity contribution in [2.45, 2.75) is 32.8 Å². The molecule has 2 nitrogen and oxygen atoms in total. The first-order valence-electron chi connectivity index (χ1n) is 5.85. The van der Waals surface area contributed by atoms with Crippen molar-refractivity contribution in [2.24, 2.45) is 5.92 Å². The van der Waals surface area contributed by atoms with Crippen LogP contribution in [0.5, 0.6) is 0 Å². The highest BCUT2D eigenvalue weighted by atomic mass is 16.5. The lowest BCUT2D eigenvalue weighted by Gasteiger charge is -2.32. The predicted molar refractivity (Wildman–Crippen MR) is 66.4 cm³/mol. The van der Waals surface area contributed by atoms with Gasteiger partial charge in [0.05, 0.1) is 6.61 Å². The van der Waals surface area contributed by atoms with Gasteiger partial charge in [-0.05, 0) is 23.5 Å². The zero-order valence-electron chi connectivity index (χ0n) is 10.7. The molecule has 0 saturated heterocycles. The molecule has 0 aliphatic rings. The number of aliphatic hydroxyl groups is 1. The van der Waals surface area contributed by atoms with Gasteiger partial charge < -0.3 is 9.84 Å². The third-order valence-electron chi connectivity index (χ3n) is 3.15. The van der Waals surface area contributed by atoms with Crippen LogP contribution in [0.3, 0.4) is 0 Å². The van der Waals surface area contributed by atoms with Crippen LogP contribution in [0.4, 0.5) is 0 Å². The van der Waals surface area contributed by atoms with Gasteiger partial charge in [0, 0.05) is 7.11 Å². The Labute approximate surface area is 98.3 Å². The SMILES string of the molecule is CCc1cccc(C(O)(COC)C(C)C)c1. The van der Waals surface area contributed by atoms with Crippen molar-refractivity contribution < 1.29 is 9.84 Å². The quantitative estimate of drug-likeness (QED) is 0.830. The predicted octanol–water partition coefficient (Wildman–Crippen LogP) is 2.74. The van der Waals surface area contributed by atoms with E-state index < -0.39 is 5.60 Å². The molecule has 0 amide bonds. The van der Waals surface area contributed by atoms with Gasteiger partial charge in [-0.1, -0.05) is 45.0 Å². The fourth-order valence-electron chi connectivity index (χ4n) is 1.86. The Morgan fingerprint density at radius 1 is 1.38 bits per heavy atom. The Balaban J connectivity index is 3.10. The summed E-state index contributed by atoms with van der Waals surface area (Å²) in [5.74, 6) is 0.125. The van der Waals surface area contributed by atoms with E-state index in [2.05, 4.69) is 19.1 Å². The maximum Gasteiger partial charge on any atom is 0.115 e. The highest BCUT2D eigenvalue weighted by Gasteiger charge is 2.33. The van der Waals surface area contributed by atoms with E-state index in [1.165, 1.54) is 5.56 Å². The smallest absolute Gasteiger partial charge is 0.115 e. The van der Waals surface area contributed by atoms with Crippen molar-refractivity contribution in [3.8, 4) is 0 Å². The van der Waals surface area contributed by atoms with E-state index in [-0.39, 0.29) is 5.92 Å². The first kappa shape index (κ1) is 13.2. The molecule has 1 unspecified atom stereocenters. The molecule has 0 aliphatic carbocycles. The van der Waals surface area contributed by atoms with E-state index in [1.54, 1.807) is 7.11 Å². The van der Waals surface area contributed by atoms with Gasteiger partial charge in [0.1, 0.15) is 5.60 Å². The van der Waals surface area contributed by atoms with Gasteiger partial charge in [0.2, 0.25) is 0 Å². The molecule has 0 heterocycles. The Hall–Kier alpha value is -0.860. The molecule has 1 N–H and O–H groups in total. The Morgan fingerprint density at radius 3 is 2.56 bits per heavy atom. The lowest BCUT2D eigenvalue weighted by molar-refractivity contribution is -0.0700. The summed E-state index contributed by atoms with van der Waals surface area (Å²) < 4.78 is 5.15. The maximum absolute atomic E-state index is 10.7. The highest BCUT2D eigenvalue weighted by molar-refractivity contribution is 5.29. The van der Waals surface area contributed by atoms with Crippen LogP contribution < -0.4 is 0 Å². The average Bonchev–Trinajstić information content (AvgIpc) is 2.29. The van der Waals surface area contributed by atoms with Gasteiger partial charge in [-0.2, -0.15) is 0 Å². The number of methoxy groups -OCH3 is 1. The van der Waals surface area contributed by atoms with Crippen molar-refractivity contribution in [1.29, 1.82) is 0 Å². The number of ether oxygens (including phenoxy) is 1. The van der Waals surface area contributed by atoms with Crippen molar-refractivity contribution >= 4 is 0 Å². The highest BCUT2D eigenvalue weighted by Crippen LogP contribution is 2.30. The lowest BCUT2D eigenvalue weighted by atomic mass is 9.83. The van der Waals surface area contributed by atoms with Gasteiger partial charge in [0.25, 0.3) is 0 Å². The minimum Gasteiger partial charge on any atom is -0.382 e. The van der Waals surface area contributed by atoms with Crippen LogP contribution in [0.25, 0.3) is 0 Å². The van der Waals surface area contributed by atoms with E-state index in [0.717, 1.165) is 12.0 Å². The molecule has 0 aliphatic heterocycles. The summed E-state index contributed by atoms with van der Waals surface area (Å²) in [6.45, 7) is 6.47. The average molecular weight is 222 g/mol. The fraction of sp³-hybridized carbons (Fsp3) is 0.571. The molecule has 1 aromatic rings. The standard InChI is InChI=1S/C14H22O2/c1-5-12-7-6-8-13(9-12)14(15,10-16-4)11(2)3/h6-9,11,15H,5,10H2,1-4H3. The zero-order valence-corrected chi connectivity index (χ0v) is 10.7. The lowest BCUT2D eigenvalue weighted by Crippen LogP contribution is -2.36. The number of hydrogen-bond donors (Lipinski definition) is 1. The van der Waals surface area contributed by atoms with Crippen molar-refractivity contribution in [3.05, 3.63) is 35.4 Å². The number of rotatable bonds is 5. The summed E-state index contributed by atoms with van der Waals surface area (Å²) >= 11 is 0. The molecule has 0 aromatic heterocycles. The molecule has 1 aromatic carbocycles. The Morgan fingerprint density at radius 2 is 2.06 bits per heavy atom. The molecule has 0 fully saturated rings. The van der Waals surface area contributed by atoms with Gasteiger partial charge in [-0.3, -0.25) is 0 Å². The zero-order chi connectivity index (χ0) is 12.2. The van der Waals surface area contributed by atoms with E-state index >= 15 is 0 Å². The molecular weight excluding hydrogens is 200 g/mol. The van der Waals surface area contributed by atoms with Crippen molar-refractivity contribution in [3.63, 3.8) is 0 Å². The molecule has 0 spiro atoms. The number of hydrogen-bond acceptors (Lipinski definition) is 2. The summed E-state index contributed by atoms with van der Waals surface area (Å²) in [6, 6.07) is 8.12. The third-order valence-corrected chi connectivity index (χ3v) is 3.15. The monoisotopic (exact) mass is 222 g/mol. The second kappa shape index (κ2) is 5.46. The molecular formula is C14H22O2. The second-order valence-corrected chi connectivity index (χ2v) is 4.57. The van der Waals surface area contributed by atoms with Crippen LogP contribution in [0.15, 0.2) is 24.3 Å². The summed E-state index contributed by atoms with van der Waals surface area (Å²) in [5, 5.41) is 10.7. The van der Waals surface area contributed by atoms with Crippen LogP contribution >= 0.6 is 0 Å². The molecule has 90 valence electrons. The molecule has 0 saturated carbocycles. The van der Waals surface area contributed by atoms with E-state index in [1.807, 2.05) is 26.0 Å². The summed E-state index contributed by atoms with van der Waals surface area (Å²) in [5.41, 5.74) is 1.30. The summed E-state index contributed by atoms with van der Waals surface area (Å²) in [4.78, 5) is 0. The van der Waals surface area contributed by atoms with Gasteiger partial charge in [0.15, 0.2) is 0 Å². The van der Waals surface area contributed by atoms with Crippen molar-refractivity contribution in [1.82, 2.24) is 0 Å². The number of aryl methyl sites for hydroxylation is 1. The molecule has 16 heavy (non-hydrogen) atoms. The maximum atomic E-state index is 10.7. The van der Waals surface area contributed by atoms with E-state index in [4.69, 9.17) is 4.74 Å². The third kappa shape index (κ3) is 2.63. The molecule has 2 heteroatoms. The topological polar surface area (TPSA) is 29.5 Å². The second-order valence-electron chi connectivity index (χ2n) is 4.57. The van der Waals surface area contributed by atoms with E-state index in [9.17, 15) is 5.11 Å². The molecule has 1 atom stereocenters. The van der Waals surface area contributed by atoms with Crippen LogP contribution in [-0.2, 0) is 16.8 Å². The Kier molecular flexibility index (Phi) is 4.51. The van der Waals surface area contributed by atoms with Crippen LogP contribution in [-0.4, -0.2) is 18.8 Å². The van der Waals surface area contributed by atoms with E-state index in [0.29, 0.717) is 6.61 Å². The van der Waals surface area contributed by atoms with Crippen LogP contribution in [0.2, 0.25) is 0 Å². The first-order chi connectivity index (χ1) is 7.54. The minimum absolute atomic E-state index is 0.125. The normalized spacial score (nSPS) is 15.1. The van der Waals surface area contributed by atoms with Gasteiger partial charge in [-0.15, -0.1) is 0 Å². The Bertz CT molecular complexity index is 333.